The lowest BCUT2D eigenvalue weighted by atomic mass is 10.0. The maximum atomic E-state index is 11.9. The monoisotopic (exact) mass is 213 g/mol. The molecule has 0 radical (unpaired) electrons. The zero-order valence-electron chi connectivity index (χ0n) is 10.00. The third-order valence-electron chi connectivity index (χ3n) is 2.84. The van der Waals surface area contributed by atoms with Crippen molar-refractivity contribution in [2.75, 3.05) is 32.8 Å². The highest BCUT2D eigenvalue weighted by molar-refractivity contribution is 5.83. The van der Waals surface area contributed by atoms with Gasteiger partial charge in [-0.05, 0) is 32.4 Å². The second kappa shape index (κ2) is 6.96. The summed E-state index contributed by atoms with van der Waals surface area (Å²) in [5.74, 6) is 0.538. The Bertz CT molecular complexity index is 182. The maximum Gasteiger partial charge on any atom is 0.152 e. The van der Waals surface area contributed by atoms with Crippen molar-refractivity contribution in [3.63, 3.8) is 0 Å². The number of ketones is 1. The minimum absolute atomic E-state index is 0.168. The highest BCUT2D eigenvalue weighted by Crippen LogP contribution is 2.14. The second-order valence-electron chi connectivity index (χ2n) is 4.30. The van der Waals surface area contributed by atoms with Crippen LogP contribution in [0, 0.1) is 5.92 Å². The highest BCUT2D eigenvalue weighted by atomic mass is 16.5. The number of Topliss-reactive ketones (excluding diaryl/α,β-unsaturated/α-hetero) is 1. The van der Waals surface area contributed by atoms with E-state index in [1.165, 1.54) is 0 Å². The Kier molecular flexibility index (Phi) is 5.88. The summed E-state index contributed by atoms with van der Waals surface area (Å²) in [5, 5.41) is 0. The number of hydrogen-bond acceptors (Lipinski definition) is 3. The van der Waals surface area contributed by atoms with Crippen molar-refractivity contribution in [2.24, 2.45) is 5.92 Å². The van der Waals surface area contributed by atoms with Gasteiger partial charge in [-0.3, -0.25) is 9.69 Å². The first-order valence-corrected chi connectivity index (χ1v) is 6.10. The normalized spacial score (nSPS) is 21.1. The van der Waals surface area contributed by atoms with Crippen LogP contribution in [-0.2, 0) is 9.53 Å². The van der Waals surface area contributed by atoms with Gasteiger partial charge in [0.15, 0.2) is 5.78 Å². The summed E-state index contributed by atoms with van der Waals surface area (Å²) >= 11 is 0. The van der Waals surface area contributed by atoms with Crippen LogP contribution in [0.4, 0.5) is 0 Å². The first kappa shape index (κ1) is 12.7. The Balaban J connectivity index is 2.31. The Labute approximate surface area is 92.8 Å². The molecule has 1 aliphatic rings. The lowest BCUT2D eigenvalue weighted by Crippen LogP contribution is -2.34. The molecule has 1 unspecified atom stereocenters. The van der Waals surface area contributed by atoms with Crippen molar-refractivity contribution in [3.05, 3.63) is 0 Å². The van der Waals surface area contributed by atoms with Crippen LogP contribution in [-0.4, -0.2) is 43.5 Å². The van der Waals surface area contributed by atoms with Gasteiger partial charge in [0.1, 0.15) is 0 Å². The Morgan fingerprint density at radius 3 is 2.47 bits per heavy atom. The number of carbonyl (C=O) groups is 1. The Morgan fingerprint density at radius 2 is 2.00 bits per heavy atom. The van der Waals surface area contributed by atoms with E-state index < -0.39 is 0 Å². The minimum Gasteiger partial charge on any atom is -0.381 e. The molecular formula is C12H23NO2. The molecule has 0 saturated carbocycles. The van der Waals surface area contributed by atoms with E-state index in [0.29, 0.717) is 18.9 Å². The first-order chi connectivity index (χ1) is 7.27. The third kappa shape index (κ3) is 4.31. The molecule has 1 saturated heterocycles. The van der Waals surface area contributed by atoms with E-state index in [4.69, 9.17) is 4.74 Å². The van der Waals surface area contributed by atoms with Gasteiger partial charge in [0, 0.05) is 12.5 Å². The summed E-state index contributed by atoms with van der Waals surface area (Å²) in [6, 6.07) is 0. The van der Waals surface area contributed by atoms with E-state index in [0.717, 1.165) is 39.0 Å². The molecule has 3 nitrogen and oxygen atoms in total. The molecule has 1 aliphatic heterocycles. The Morgan fingerprint density at radius 1 is 1.33 bits per heavy atom. The van der Waals surface area contributed by atoms with E-state index >= 15 is 0 Å². The zero-order chi connectivity index (χ0) is 11.1. The summed E-state index contributed by atoms with van der Waals surface area (Å²) in [5.41, 5.74) is 0. The summed E-state index contributed by atoms with van der Waals surface area (Å²) < 4.78 is 5.24. The lowest BCUT2D eigenvalue weighted by molar-refractivity contribution is -0.124. The molecule has 1 rings (SSSR count). The molecule has 0 aliphatic carbocycles. The van der Waals surface area contributed by atoms with Gasteiger partial charge in [0.05, 0.1) is 13.2 Å². The van der Waals surface area contributed by atoms with Crippen LogP contribution >= 0.6 is 0 Å². The predicted octanol–water partition coefficient (Wildman–Crippen LogP) is 1.71. The van der Waals surface area contributed by atoms with Gasteiger partial charge in [-0.1, -0.05) is 13.8 Å². The molecule has 0 bridgehead atoms. The molecule has 88 valence electrons. The Hall–Kier alpha value is -0.410. The third-order valence-corrected chi connectivity index (χ3v) is 2.84. The molecule has 0 aromatic carbocycles. The molecular weight excluding hydrogens is 190 g/mol. The van der Waals surface area contributed by atoms with E-state index in [9.17, 15) is 4.79 Å². The van der Waals surface area contributed by atoms with Gasteiger partial charge in [-0.25, -0.2) is 0 Å². The summed E-state index contributed by atoms with van der Waals surface area (Å²) in [6.07, 6.45) is 3.16. The van der Waals surface area contributed by atoms with Crippen LogP contribution in [0.3, 0.4) is 0 Å². The minimum atomic E-state index is 0.168. The van der Waals surface area contributed by atoms with E-state index in [1.807, 2.05) is 0 Å². The largest absolute Gasteiger partial charge is 0.381 e. The van der Waals surface area contributed by atoms with Crippen molar-refractivity contribution in [1.82, 2.24) is 4.90 Å². The van der Waals surface area contributed by atoms with Crippen molar-refractivity contribution in [2.45, 2.75) is 33.1 Å². The van der Waals surface area contributed by atoms with Crippen LogP contribution in [0.25, 0.3) is 0 Å². The fourth-order valence-corrected chi connectivity index (χ4v) is 2.04. The predicted molar refractivity (Wildman–Crippen MR) is 61.0 cm³/mol. The standard InChI is InChI=1S/C12H23NO2/c1-3-6-13(7-4-2)9-12(14)11-5-8-15-10-11/h11H,3-10H2,1-2H3. The van der Waals surface area contributed by atoms with Crippen LogP contribution in [0.15, 0.2) is 0 Å². The average molecular weight is 213 g/mol. The first-order valence-electron chi connectivity index (χ1n) is 6.10. The van der Waals surface area contributed by atoms with Crippen molar-refractivity contribution in [1.29, 1.82) is 0 Å². The summed E-state index contributed by atoms with van der Waals surface area (Å²) in [7, 11) is 0. The maximum absolute atomic E-state index is 11.9. The fourth-order valence-electron chi connectivity index (χ4n) is 2.04. The van der Waals surface area contributed by atoms with Crippen molar-refractivity contribution < 1.29 is 9.53 Å². The number of hydrogen-bond donors (Lipinski definition) is 0. The molecule has 0 amide bonds. The van der Waals surface area contributed by atoms with Gasteiger partial charge in [0.2, 0.25) is 0 Å². The van der Waals surface area contributed by atoms with Gasteiger partial charge >= 0.3 is 0 Å². The SMILES string of the molecule is CCCN(CCC)CC(=O)C1CCOC1. The van der Waals surface area contributed by atoms with Crippen LogP contribution in [0.1, 0.15) is 33.1 Å². The molecule has 1 heterocycles. The highest BCUT2D eigenvalue weighted by Gasteiger charge is 2.24. The average Bonchev–Trinajstić information content (AvgIpc) is 2.71. The van der Waals surface area contributed by atoms with Gasteiger partial charge in [0.25, 0.3) is 0 Å². The summed E-state index contributed by atoms with van der Waals surface area (Å²) in [4.78, 5) is 14.1. The molecule has 0 aromatic heterocycles. The van der Waals surface area contributed by atoms with Gasteiger partial charge < -0.3 is 4.74 Å². The molecule has 1 atom stereocenters. The molecule has 0 aromatic rings. The van der Waals surface area contributed by atoms with Gasteiger partial charge in [-0.15, -0.1) is 0 Å². The molecule has 0 N–H and O–H groups in total. The molecule has 1 fully saturated rings. The fraction of sp³-hybridized carbons (Fsp3) is 0.917. The molecule has 3 heteroatoms. The second-order valence-corrected chi connectivity index (χ2v) is 4.30. The number of nitrogens with zero attached hydrogens (tertiary/aromatic N) is 1. The number of ether oxygens (including phenoxy) is 1. The number of rotatable bonds is 7. The molecule has 0 spiro atoms. The smallest absolute Gasteiger partial charge is 0.152 e. The lowest BCUT2D eigenvalue weighted by Gasteiger charge is -2.21. The van der Waals surface area contributed by atoms with E-state index in [1.54, 1.807) is 0 Å². The van der Waals surface area contributed by atoms with Crippen LogP contribution < -0.4 is 0 Å². The topological polar surface area (TPSA) is 29.5 Å². The quantitative estimate of drug-likeness (QED) is 0.645. The van der Waals surface area contributed by atoms with E-state index in [-0.39, 0.29) is 5.92 Å². The van der Waals surface area contributed by atoms with Crippen LogP contribution in [0.5, 0.6) is 0 Å². The van der Waals surface area contributed by atoms with Crippen LogP contribution in [0.2, 0.25) is 0 Å². The number of carbonyl (C=O) groups excluding carboxylic acids is 1. The van der Waals surface area contributed by atoms with Crippen molar-refractivity contribution in [3.8, 4) is 0 Å². The zero-order valence-corrected chi connectivity index (χ0v) is 10.00. The summed E-state index contributed by atoms with van der Waals surface area (Å²) in [6.45, 7) is 8.41. The molecule has 15 heavy (non-hydrogen) atoms. The van der Waals surface area contributed by atoms with Crippen molar-refractivity contribution >= 4 is 5.78 Å². The van der Waals surface area contributed by atoms with E-state index in [2.05, 4.69) is 18.7 Å². The van der Waals surface area contributed by atoms with Gasteiger partial charge in [-0.2, -0.15) is 0 Å².